The summed E-state index contributed by atoms with van der Waals surface area (Å²) in [4.78, 5) is 4.60. The number of guanidine groups is 1. The van der Waals surface area contributed by atoms with Crippen LogP contribution in [0.5, 0.6) is 0 Å². The monoisotopic (exact) mass is 324 g/mol. The van der Waals surface area contributed by atoms with Crippen molar-refractivity contribution >= 4 is 17.6 Å². The van der Waals surface area contributed by atoms with Crippen molar-refractivity contribution in [1.29, 1.82) is 0 Å². The average molecular weight is 325 g/mol. The van der Waals surface area contributed by atoms with Crippen molar-refractivity contribution in [1.82, 2.24) is 16.0 Å². The van der Waals surface area contributed by atoms with Gasteiger partial charge in [0.05, 0.1) is 12.6 Å². The molecule has 1 unspecified atom stereocenters. The first-order valence-electron chi connectivity index (χ1n) is 7.88. The van der Waals surface area contributed by atoms with Crippen LogP contribution < -0.4 is 16.0 Å². The van der Waals surface area contributed by atoms with Crippen LogP contribution in [0.2, 0.25) is 5.02 Å². The van der Waals surface area contributed by atoms with Gasteiger partial charge in [-0.25, -0.2) is 0 Å². The molecular formula is C17H29ClN4. The third kappa shape index (κ3) is 7.14. The fourth-order valence-corrected chi connectivity index (χ4v) is 2.33. The van der Waals surface area contributed by atoms with Gasteiger partial charge in [0, 0.05) is 23.7 Å². The topological polar surface area (TPSA) is 48.5 Å². The van der Waals surface area contributed by atoms with E-state index in [2.05, 4.69) is 55.6 Å². The summed E-state index contributed by atoms with van der Waals surface area (Å²) in [6.45, 7) is 13.0. The number of rotatable bonds is 6. The molecule has 1 aromatic carbocycles. The summed E-state index contributed by atoms with van der Waals surface area (Å²) in [6, 6.07) is 7.98. The molecule has 4 nitrogen and oxygen atoms in total. The number of aliphatic imine (C=N–C) groups is 1. The van der Waals surface area contributed by atoms with Crippen LogP contribution in [0.3, 0.4) is 0 Å². The number of nitrogens with zero attached hydrogens (tertiary/aromatic N) is 1. The molecule has 0 amide bonds. The van der Waals surface area contributed by atoms with Crippen LogP contribution in [0.25, 0.3) is 0 Å². The van der Waals surface area contributed by atoms with Crippen LogP contribution in [-0.2, 0) is 0 Å². The highest BCUT2D eigenvalue weighted by Gasteiger charge is 2.11. The summed E-state index contributed by atoms with van der Waals surface area (Å²) in [5, 5.41) is 10.9. The summed E-state index contributed by atoms with van der Waals surface area (Å²) in [6.07, 6.45) is 0. The van der Waals surface area contributed by atoms with Crippen molar-refractivity contribution < 1.29 is 0 Å². The van der Waals surface area contributed by atoms with Gasteiger partial charge < -0.3 is 16.0 Å². The molecule has 0 aliphatic heterocycles. The third-order valence-corrected chi connectivity index (χ3v) is 3.45. The molecule has 0 radical (unpaired) electrons. The van der Waals surface area contributed by atoms with Gasteiger partial charge in [-0.1, -0.05) is 29.8 Å². The molecule has 0 spiro atoms. The Kier molecular flexibility index (Phi) is 7.69. The van der Waals surface area contributed by atoms with E-state index in [0.29, 0.717) is 0 Å². The van der Waals surface area contributed by atoms with E-state index in [-0.39, 0.29) is 11.6 Å². The first kappa shape index (κ1) is 18.8. The second-order valence-electron chi connectivity index (χ2n) is 6.32. The van der Waals surface area contributed by atoms with E-state index in [1.54, 1.807) is 0 Å². The maximum atomic E-state index is 6.25. The minimum Gasteiger partial charge on any atom is -0.357 e. The van der Waals surface area contributed by atoms with Gasteiger partial charge in [0.1, 0.15) is 0 Å². The van der Waals surface area contributed by atoms with Crippen molar-refractivity contribution in [2.24, 2.45) is 4.99 Å². The van der Waals surface area contributed by atoms with Crippen molar-refractivity contribution in [3.05, 3.63) is 34.9 Å². The van der Waals surface area contributed by atoms with E-state index < -0.39 is 0 Å². The second kappa shape index (κ2) is 9.01. The molecule has 0 aliphatic rings. The maximum absolute atomic E-state index is 6.25. The van der Waals surface area contributed by atoms with E-state index in [9.17, 15) is 0 Å². The van der Waals surface area contributed by atoms with Crippen LogP contribution in [0.1, 0.15) is 46.2 Å². The highest BCUT2D eigenvalue weighted by molar-refractivity contribution is 6.31. The second-order valence-corrected chi connectivity index (χ2v) is 6.73. The molecule has 124 valence electrons. The zero-order chi connectivity index (χ0) is 16.6. The van der Waals surface area contributed by atoms with Crippen molar-refractivity contribution in [2.45, 2.75) is 46.2 Å². The van der Waals surface area contributed by atoms with Crippen LogP contribution in [0.4, 0.5) is 0 Å². The quantitative estimate of drug-likeness (QED) is 0.427. The lowest BCUT2D eigenvalue weighted by molar-refractivity contribution is 0.432. The van der Waals surface area contributed by atoms with Gasteiger partial charge in [-0.3, -0.25) is 4.99 Å². The minimum absolute atomic E-state index is 0.0991. The van der Waals surface area contributed by atoms with Gasteiger partial charge in [-0.15, -0.1) is 0 Å². The summed E-state index contributed by atoms with van der Waals surface area (Å²) >= 11 is 6.25. The SMILES string of the molecule is CCNC(=NCCNC(C)(C)C)NC(C)c1ccccc1Cl. The number of nitrogens with one attached hydrogen (secondary N) is 3. The van der Waals surface area contributed by atoms with E-state index in [0.717, 1.165) is 36.2 Å². The predicted molar refractivity (Wildman–Crippen MR) is 96.7 cm³/mol. The lowest BCUT2D eigenvalue weighted by Crippen LogP contribution is -2.40. The van der Waals surface area contributed by atoms with E-state index in [4.69, 9.17) is 11.6 Å². The molecule has 0 saturated carbocycles. The average Bonchev–Trinajstić information content (AvgIpc) is 2.43. The number of hydrogen-bond donors (Lipinski definition) is 3. The van der Waals surface area contributed by atoms with Gasteiger partial charge in [-0.2, -0.15) is 0 Å². The molecule has 0 aliphatic carbocycles. The molecule has 22 heavy (non-hydrogen) atoms. The van der Waals surface area contributed by atoms with Gasteiger partial charge in [0.2, 0.25) is 0 Å². The fourth-order valence-electron chi connectivity index (χ4n) is 2.03. The van der Waals surface area contributed by atoms with E-state index in [1.165, 1.54) is 0 Å². The van der Waals surface area contributed by atoms with Gasteiger partial charge >= 0.3 is 0 Å². The number of halogens is 1. The summed E-state index contributed by atoms with van der Waals surface area (Å²) < 4.78 is 0. The third-order valence-electron chi connectivity index (χ3n) is 3.11. The van der Waals surface area contributed by atoms with Crippen molar-refractivity contribution in [3.8, 4) is 0 Å². The lowest BCUT2D eigenvalue weighted by atomic mass is 10.1. The molecule has 3 N–H and O–H groups in total. The number of hydrogen-bond acceptors (Lipinski definition) is 2. The molecule has 0 heterocycles. The van der Waals surface area contributed by atoms with Crippen molar-refractivity contribution in [2.75, 3.05) is 19.6 Å². The number of benzene rings is 1. The van der Waals surface area contributed by atoms with Gasteiger partial charge in [0.15, 0.2) is 5.96 Å². The maximum Gasteiger partial charge on any atom is 0.191 e. The Balaban J connectivity index is 2.61. The molecule has 0 saturated heterocycles. The zero-order valence-electron chi connectivity index (χ0n) is 14.3. The fraction of sp³-hybridized carbons (Fsp3) is 0.588. The largest absolute Gasteiger partial charge is 0.357 e. The molecule has 5 heteroatoms. The first-order valence-corrected chi connectivity index (χ1v) is 8.25. The molecule has 1 aromatic rings. The minimum atomic E-state index is 0.0991. The standard InChI is InChI=1S/C17H29ClN4/c1-6-19-16(20-11-12-21-17(3,4)5)22-13(2)14-9-7-8-10-15(14)18/h7-10,13,21H,6,11-12H2,1-5H3,(H2,19,20,22). The molecule has 1 atom stereocenters. The summed E-state index contributed by atoms with van der Waals surface area (Å²) in [7, 11) is 0. The summed E-state index contributed by atoms with van der Waals surface area (Å²) in [5.41, 5.74) is 1.19. The van der Waals surface area contributed by atoms with Gasteiger partial charge in [0.25, 0.3) is 0 Å². The van der Waals surface area contributed by atoms with Crippen molar-refractivity contribution in [3.63, 3.8) is 0 Å². The Hall–Kier alpha value is -1.26. The Morgan fingerprint density at radius 3 is 2.55 bits per heavy atom. The smallest absolute Gasteiger partial charge is 0.191 e. The summed E-state index contributed by atoms with van der Waals surface area (Å²) in [5.74, 6) is 0.811. The van der Waals surface area contributed by atoms with Crippen LogP contribution in [-0.4, -0.2) is 31.1 Å². The molecular weight excluding hydrogens is 296 g/mol. The zero-order valence-corrected chi connectivity index (χ0v) is 15.1. The Labute approximate surface area is 139 Å². The van der Waals surface area contributed by atoms with Crippen LogP contribution >= 0.6 is 11.6 Å². The van der Waals surface area contributed by atoms with E-state index in [1.807, 2.05) is 24.3 Å². The Morgan fingerprint density at radius 2 is 1.95 bits per heavy atom. The van der Waals surface area contributed by atoms with Crippen LogP contribution in [0.15, 0.2) is 29.3 Å². The molecule has 0 aromatic heterocycles. The lowest BCUT2D eigenvalue weighted by Gasteiger charge is -2.21. The Morgan fingerprint density at radius 1 is 1.27 bits per heavy atom. The first-order chi connectivity index (χ1) is 10.3. The molecule has 1 rings (SSSR count). The molecule has 0 bridgehead atoms. The van der Waals surface area contributed by atoms with Gasteiger partial charge in [-0.05, 0) is 46.2 Å². The van der Waals surface area contributed by atoms with E-state index >= 15 is 0 Å². The van der Waals surface area contributed by atoms with Crippen LogP contribution in [0, 0.1) is 0 Å². The Bertz CT molecular complexity index is 480. The highest BCUT2D eigenvalue weighted by atomic mass is 35.5. The predicted octanol–water partition coefficient (Wildman–Crippen LogP) is 3.34. The molecule has 0 fully saturated rings. The normalized spacial score (nSPS) is 13.8. The highest BCUT2D eigenvalue weighted by Crippen LogP contribution is 2.21.